The minimum atomic E-state index is -0.0787. The summed E-state index contributed by atoms with van der Waals surface area (Å²) in [6.07, 6.45) is 0. The zero-order valence-electron chi connectivity index (χ0n) is 10.4. The molecular weight excluding hydrogens is 238 g/mol. The van der Waals surface area contributed by atoms with Gasteiger partial charge in [-0.05, 0) is 25.6 Å². The van der Waals surface area contributed by atoms with Gasteiger partial charge < -0.3 is 10.6 Å². The number of aryl methyl sites for hydroxylation is 1. The lowest BCUT2D eigenvalue weighted by Gasteiger charge is -2.13. The number of anilines is 1. The molecule has 0 fully saturated rings. The largest absolute Gasteiger partial charge is 0.324 e. The van der Waals surface area contributed by atoms with Crippen LogP contribution in [0.15, 0.2) is 12.1 Å². The quantitative estimate of drug-likeness (QED) is 0.794. The lowest BCUT2D eigenvalue weighted by Crippen LogP contribution is -2.30. The van der Waals surface area contributed by atoms with E-state index in [0.717, 1.165) is 12.2 Å². The van der Waals surface area contributed by atoms with E-state index < -0.39 is 0 Å². The number of hydrogen-bond donors (Lipinski definition) is 2. The molecule has 0 radical (unpaired) electrons. The highest BCUT2D eigenvalue weighted by atomic mass is 35.5. The number of rotatable bonds is 5. The van der Waals surface area contributed by atoms with E-state index in [2.05, 4.69) is 15.6 Å². The van der Waals surface area contributed by atoms with Crippen LogP contribution < -0.4 is 10.6 Å². The van der Waals surface area contributed by atoms with Gasteiger partial charge >= 0.3 is 0 Å². The van der Waals surface area contributed by atoms with Gasteiger partial charge in [0.05, 0.1) is 11.4 Å². The predicted octanol–water partition coefficient (Wildman–Crippen LogP) is 2.23. The number of halogens is 1. The Morgan fingerprint density at radius 3 is 2.82 bits per heavy atom. The highest BCUT2D eigenvalue weighted by molar-refractivity contribution is 6.29. The number of amides is 1. The molecule has 1 aromatic rings. The second-order valence-corrected chi connectivity index (χ2v) is 4.35. The Morgan fingerprint density at radius 2 is 2.24 bits per heavy atom. The molecule has 1 amide bonds. The van der Waals surface area contributed by atoms with Crippen molar-refractivity contribution >= 4 is 23.2 Å². The van der Waals surface area contributed by atoms with Crippen molar-refractivity contribution in [3.8, 4) is 0 Å². The van der Waals surface area contributed by atoms with E-state index >= 15 is 0 Å². The van der Waals surface area contributed by atoms with Gasteiger partial charge in [0.15, 0.2) is 0 Å². The molecule has 17 heavy (non-hydrogen) atoms. The molecule has 0 saturated carbocycles. The van der Waals surface area contributed by atoms with Gasteiger partial charge in [-0.15, -0.1) is 0 Å². The van der Waals surface area contributed by atoms with Gasteiger partial charge in [0.2, 0.25) is 5.91 Å². The van der Waals surface area contributed by atoms with Crippen molar-refractivity contribution < 1.29 is 4.79 Å². The lowest BCUT2D eigenvalue weighted by molar-refractivity contribution is -0.119. The van der Waals surface area contributed by atoms with Crippen LogP contribution in [-0.2, 0) is 4.79 Å². The average Bonchev–Trinajstić information content (AvgIpc) is 2.29. The van der Waals surface area contributed by atoms with Gasteiger partial charge in [0, 0.05) is 12.5 Å². The van der Waals surface area contributed by atoms with Crippen molar-refractivity contribution in [1.82, 2.24) is 10.3 Å². The van der Waals surface area contributed by atoms with Crippen molar-refractivity contribution in [3.63, 3.8) is 0 Å². The number of carbonyl (C=O) groups excluding carboxylic acids is 1. The van der Waals surface area contributed by atoms with Crippen LogP contribution in [0.3, 0.4) is 0 Å². The van der Waals surface area contributed by atoms with Crippen LogP contribution in [0.5, 0.6) is 0 Å². The Morgan fingerprint density at radius 1 is 1.53 bits per heavy atom. The zero-order valence-corrected chi connectivity index (χ0v) is 11.1. The summed E-state index contributed by atoms with van der Waals surface area (Å²) in [6.45, 7) is 7.24. The summed E-state index contributed by atoms with van der Waals surface area (Å²) in [5, 5.41) is 6.42. The van der Waals surface area contributed by atoms with Crippen LogP contribution in [-0.4, -0.2) is 24.0 Å². The SMILES string of the molecule is CCNCC(C)C(=O)Nc1ccc(Cl)nc1C. The molecule has 1 heterocycles. The van der Waals surface area contributed by atoms with Crippen LogP contribution in [0.4, 0.5) is 5.69 Å². The molecule has 5 heteroatoms. The first kappa shape index (κ1) is 13.9. The molecule has 1 rings (SSSR count). The fraction of sp³-hybridized carbons (Fsp3) is 0.500. The first-order valence-electron chi connectivity index (χ1n) is 5.69. The second kappa shape index (κ2) is 6.57. The molecule has 0 aliphatic heterocycles. The van der Waals surface area contributed by atoms with Crippen LogP contribution in [0.25, 0.3) is 0 Å². The van der Waals surface area contributed by atoms with Crippen molar-refractivity contribution in [2.75, 3.05) is 18.4 Å². The number of carbonyl (C=O) groups is 1. The highest BCUT2D eigenvalue weighted by Gasteiger charge is 2.13. The topological polar surface area (TPSA) is 54.0 Å². The molecule has 0 saturated heterocycles. The summed E-state index contributed by atoms with van der Waals surface area (Å²) in [4.78, 5) is 15.9. The minimum Gasteiger partial charge on any atom is -0.324 e. The molecule has 94 valence electrons. The van der Waals surface area contributed by atoms with Crippen molar-refractivity contribution in [1.29, 1.82) is 0 Å². The smallest absolute Gasteiger partial charge is 0.228 e. The monoisotopic (exact) mass is 255 g/mol. The Bertz CT molecular complexity index is 395. The first-order valence-corrected chi connectivity index (χ1v) is 6.07. The molecule has 0 aromatic carbocycles. The summed E-state index contributed by atoms with van der Waals surface area (Å²) in [7, 11) is 0. The van der Waals surface area contributed by atoms with E-state index in [4.69, 9.17) is 11.6 Å². The van der Waals surface area contributed by atoms with Gasteiger partial charge in [-0.3, -0.25) is 4.79 Å². The fourth-order valence-electron chi connectivity index (χ4n) is 1.37. The Kier molecular flexibility index (Phi) is 5.38. The normalized spacial score (nSPS) is 12.2. The fourth-order valence-corrected chi connectivity index (χ4v) is 1.56. The van der Waals surface area contributed by atoms with Crippen molar-refractivity contribution in [2.45, 2.75) is 20.8 Å². The maximum Gasteiger partial charge on any atom is 0.228 e. The summed E-state index contributed by atoms with van der Waals surface area (Å²) < 4.78 is 0. The second-order valence-electron chi connectivity index (χ2n) is 3.96. The van der Waals surface area contributed by atoms with Gasteiger partial charge in [-0.1, -0.05) is 25.4 Å². The van der Waals surface area contributed by atoms with Crippen molar-refractivity contribution in [3.05, 3.63) is 23.0 Å². The molecule has 4 nitrogen and oxygen atoms in total. The minimum absolute atomic E-state index is 0.0156. The van der Waals surface area contributed by atoms with E-state index in [0.29, 0.717) is 17.4 Å². The molecule has 0 spiro atoms. The molecule has 1 aromatic heterocycles. The van der Waals surface area contributed by atoms with E-state index in [1.54, 1.807) is 12.1 Å². The maximum absolute atomic E-state index is 11.8. The number of nitrogens with one attached hydrogen (secondary N) is 2. The number of aromatic nitrogens is 1. The summed E-state index contributed by atoms with van der Waals surface area (Å²) in [6, 6.07) is 3.43. The number of nitrogens with zero attached hydrogens (tertiary/aromatic N) is 1. The molecule has 0 aliphatic rings. The molecule has 0 aliphatic carbocycles. The summed E-state index contributed by atoms with van der Waals surface area (Å²) in [5.74, 6) is -0.0943. The number of hydrogen-bond acceptors (Lipinski definition) is 3. The number of pyridine rings is 1. The zero-order chi connectivity index (χ0) is 12.8. The van der Waals surface area contributed by atoms with E-state index in [-0.39, 0.29) is 11.8 Å². The Labute approximate surface area is 107 Å². The first-order chi connectivity index (χ1) is 8.04. The van der Waals surface area contributed by atoms with Crippen molar-refractivity contribution in [2.24, 2.45) is 5.92 Å². The maximum atomic E-state index is 11.8. The molecule has 0 bridgehead atoms. The van der Waals surface area contributed by atoms with Crippen LogP contribution in [0, 0.1) is 12.8 Å². The van der Waals surface area contributed by atoms with E-state index in [9.17, 15) is 4.79 Å². The average molecular weight is 256 g/mol. The van der Waals surface area contributed by atoms with Gasteiger partial charge in [-0.25, -0.2) is 4.98 Å². The van der Waals surface area contributed by atoms with Gasteiger partial charge in [0.25, 0.3) is 0 Å². The molecule has 2 N–H and O–H groups in total. The Hall–Kier alpha value is -1.13. The third-order valence-electron chi connectivity index (χ3n) is 2.46. The lowest BCUT2D eigenvalue weighted by atomic mass is 10.1. The third kappa shape index (κ3) is 4.32. The summed E-state index contributed by atoms with van der Waals surface area (Å²) >= 11 is 5.75. The molecule has 1 unspecified atom stereocenters. The summed E-state index contributed by atoms with van der Waals surface area (Å²) in [5.41, 5.74) is 1.43. The predicted molar refractivity (Wildman–Crippen MR) is 70.3 cm³/mol. The van der Waals surface area contributed by atoms with E-state index in [1.165, 1.54) is 0 Å². The Balaban J connectivity index is 2.61. The van der Waals surface area contributed by atoms with Crippen LogP contribution in [0.2, 0.25) is 5.15 Å². The van der Waals surface area contributed by atoms with E-state index in [1.807, 2.05) is 20.8 Å². The van der Waals surface area contributed by atoms with Crippen LogP contribution >= 0.6 is 11.6 Å². The van der Waals surface area contributed by atoms with Gasteiger partial charge in [0.1, 0.15) is 5.15 Å². The standard InChI is InChI=1S/C12H18ClN3O/c1-4-14-7-8(2)12(17)16-10-5-6-11(13)15-9(10)3/h5-6,8,14H,4,7H2,1-3H3,(H,16,17). The molecule has 1 atom stereocenters. The highest BCUT2D eigenvalue weighted by Crippen LogP contribution is 2.16. The van der Waals surface area contributed by atoms with Crippen LogP contribution in [0.1, 0.15) is 19.5 Å². The van der Waals surface area contributed by atoms with Gasteiger partial charge in [-0.2, -0.15) is 0 Å². The molecular formula is C12H18ClN3O. The third-order valence-corrected chi connectivity index (χ3v) is 2.67.